The molecule has 1 atom stereocenters. The molecule has 7 heteroatoms. The zero-order chi connectivity index (χ0) is 13.3. The summed E-state index contributed by atoms with van der Waals surface area (Å²) in [6, 6.07) is 3.72. The third kappa shape index (κ3) is 2.04. The quantitative estimate of drug-likeness (QED) is 0.644. The number of nitro benzene ring substituents is 1. The lowest BCUT2D eigenvalue weighted by molar-refractivity contribution is -0.386. The SMILES string of the molecule is NCC1CC(=O)N(c2cccc(F)c2[N+](=O)[O-])C1. The summed E-state index contributed by atoms with van der Waals surface area (Å²) in [7, 11) is 0. The number of hydrogen-bond acceptors (Lipinski definition) is 4. The van der Waals surface area contributed by atoms with Gasteiger partial charge < -0.3 is 10.6 Å². The fourth-order valence-corrected chi connectivity index (χ4v) is 2.07. The number of nitro groups is 1. The molecular formula is C11H12FN3O3. The molecule has 0 spiro atoms. The van der Waals surface area contributed by atoms with Gasteiger partial charge in [0, 0.05) is 13.0 Å². The third-order valence-corrected chi connectivity index (χ3v) is 2.98. The Bertz CT molecular complexity index is 506. The van der Waals surface area contributed by atoms with Crippen LogP contribution in [0.1, 0.15) is 6.42 Å². The van der Waals surface area contributed by atoms with E-state index in [1.54, 1.807) is 0 Å². The second-order valence-electron chi connectivity index (χ2n) is 4.17. The zero-order valence-corrected chi connectivity index (χ0v) is 9.51. The Morgan fingerprint density at radius 3 is 2.83 bits per heavy atom. The van der Waals surface area contributed by atoms with Gasteiger partial charge in [0.05, 0.1) is 4.92 Å². The van der Waals surface area contributed by atoms with Crippen LogP contribution in [0.15, 0.2) is 18.2 Å². The number of nitrogens with zero attached hydrogens (tertiary/aromatic N) is 2. The predicted octanol–water partition coefficient (Wildman–Crippen LogP) is 1.05. The summed E-state index contributed by atoms with van der Waals surface area (Å²) in [6.45, 7) is 0.616. The van der Waals surface area contributed by atoms with Crippen molar-refractivity contribution >= 4 is 17.3 Å². The number of carbonyl (C=O) groups is 1. The number of hydrogen-bond donors (Lipinski definition) is 1. The number of para-hydroxylation sites is 1. The number of amides is 1. The van der Waals surface area contributed by atoms with Crippen LogP contribution in [0.2, 0.25) is 0 Å². The highest BCUT2D eigenvalue weighted by atomic mass is 19.1. The van der Waals surface area contributed by atoms with Crippen molar-refractivity contribution in [2.45, 2.75) is 6.42 Å². The normalized spacial score (nSPS) is 19.3. The Labute approximate surface area is 102 Å². The van der Waals surface area contributed by atoms with Crippen molar-refractivity contribution in [2.75, 3.05) is 18.0 Å². The summed E-state index contributed by atoms with van der Waals surface area (Å²) < 4.78 is 13.5. The van der Waals surface area contributed by atoms with Crippen molar-refractivity contribution in [3.8, 4) is 0 Å². The molecule has 0 aromatic heterocycles. The van der Waals surface area contributed by atoms with Crippen LogP contribution >= 0.6 is 0 Å². The topological polar surface area (TPSA) is 89.5 Å². The van der Waals surface area contributed by atoms with Crippen LogP contribution < -0.4 is 10.6 Å². The van der Waals surface area contributed by atoms with Crippen LogP contribution in [-0.2, 0) is 4.79 Å². The van der Waals surface area contributed by atoms with Gasteiger partial charge >= 0.3 is 5.69 Å². The maximum atomic E-state index is 13.5. The molecule has 1 aromatic carbocycles. The van der Waals surface area contributed by atoms with Crippen molar-refractivity contribution < 1.29 is 14.1 Å². The molecule has 0 radical (unpaired) electrons. The summed E-state index contributed by atoms with van der Waals surface area (Å²) >= 11 is 0. The van der Waals surface area contributed by atoms with Crippen LogP contribution in [0.3, 0.4) is 0 Å². The van der Waals surface area contributed by atoms with Crippen molar-refractivity contribution in [1.82, 2.24) is 0 Å². The van der Waals surface area contributed by atoms with Crippen LogP contribution in [-0.4, -0.2) is 23.9 Å². The van der Waals surface area contributed by atoms with Gasteiger partial charge in [-0.15, -0.1) is 0 Å². The highest BCUT2D eigenvalue weighted by Gasteiger charge is 2.34. The van der Waals surface area contributed by atoms with Gasteiger partial charge in [0.25, 0.3) is 0 Å². The van der Waals surface area contributed by atoms with E-state index in [0.29, 0.717) is 13.1 Å². The first-order chi connectivity index (χ1) is 8.54. The van der Waals surface area contributed by atoms with E-state index in [0.717, 1.165) is 6.07 Å². The van der Waals surface area contributed by atoms with Crippen LogP contribution in [0.4, 0.5) is 15.8 Å². The Hall–Kier alpha value is -2.02. The number of anilines is 1. The molecule has 96 valence electrons. The van der Waals surface area contributed by atoms with Gasteiger partial charge in [-0.2, -0.15) is 4.39 Å². The van der Waals surface area contributed by atoms with Crippen molar-refractivity contribution in [2.24, 2.45) is 11.7 Å². The first-order valence-corrected chi connectivity index (χ1v) is 5.48. The van der Waals surface area contributed by atoms with E-state index in [9.17, 15) is 19.3 Å². The lowest BCUT2D eigenvalue weighted by Gasteiger charge is -2.16. The van der Waals surface area contributed by atoms with Gasteiger partial charge in [-0.1, -0.05) is 6.07 Å². The minimum atomic E-state index is -0.943. The van der Waals surface area contributed by atoms with Crippen molar-refractivity contribution in [3.05, 3.63) is 34.1 Å². The molecule has 1 saturated heterocycles. The summed E-state index contributed by atoms with van der Waals surface area (Å²) in [6.07, 6.45) is 0.240. The molecule has 1 heterocycles. The number of halogens is 1. The fourth-order valence-electron chi connectivity index (χ4n) is 2.07. The van der Waals surface area contributed by atoms with E-state index in [4.69, 9.17) is 5.73 Å². The first kappa shape index (κ1) is 12.4. The van der Waals surface area contributed by atoms with E-state index in [1.165, 1.54) is 17.0 Å². The lowest BCUT2D eigenvalue weighted by Crippen LogP contribution is -2.26. The van der Waals surface area contributed by atoms with Gasteiger partial charge in [-0.25, -0.2) is 0 Å². The third-order valence-electron chi connectivity index (χ3n) is 2.98. The molecule has 18 heavy (non-hydrogen) atoms. The van der Waals surface area contributed by atoms with E-state index in [1.807, 2.05) is 0 Å². The Kier molecular flexibility index (Phi) is 3.24. The summed E-state index contributed by atoms with van der Waals surface area (Å²) in [5.41, 5.74) is 4.81. The number of benzene rings is 1. The Morgan fingerprint density at radius 2 is 2.28 bits per heavy atom. The number of nitrogens with two attached hydrogens (primary N) is 1. The molecule has 1 aliphatic heterocycles. The number of carbonyl (C=O) groups excluding carboxylic acids is 1. The van der Waals surface area contributed by atoms with E-state index >= 15 is 0 Å². The minimum Gasteiger partial charge on any atom is -0.330 e. The molecule has 0 bridgehead atoms. The van der Waals surface area contributed by atoms with E-state index in [-0.39, 0.29) is 23.9 Å². The molecule has 6 nitrogen and oxygen atoms in total. The molecule has 2 N–H and O–H groups in total. The number of rotatable bonds is 3. The smallest absolute Gasteiger partial charge is 0.328 e. The van der Waals surface area contributed by atoms with Crippen LogP contribution in [0, 0.1) is 21.8 Å². The van der Waals surface area contributed by atoms with Gasteiger partial charge in [-0.3, -0.25) is 14.9 Å². The van der Waals surface area contributed by atoms with Crippen molar-refractivity contribution in [3.63, 3.8) is 0 Å². The maximum absolute atomic E-state index is 13.5. The Balaban J connectivity index is 2.43. The first-order valence-electron chi connectivity index (χ1n) is 5.48. The van der Waals surface area contributed by atoms with Crippen LogP contribution in [0.25, 0.3) is 0 Å². The van der Waals surface area contributed by atoms with Gasteiger partial charge in [0.1, 0.15) is 5.69 Å². The molecule has 1 aromatic rings. The second kappa shape index (κ2) is 4.69. The average molecular weight is 253 g/mol. The summed E-state index contributed by atoms with van der Waals surface area (Å²) in [4.78, 5) is 23.0. The molecule has 1 fully saturated rings. The minimum absolute atomic E-state index is 0.000880. The van der Waals surface area contributed by atoms with Gasteiger partial charge in [-0.05, 0) is 24.6 Å². The monoisotopic (exact) mass is 253 g/mol. The average Bonchev–Trinajstić information content (AvgIpc) is 2.69. The van der Waals surface area contributed by atoms with Gasteiger partial charge in [0.2, 0.25) is 11.7 Å². The van der Waals surface area contributed by atoms with E-state index < -0.39 is 16.4 Å². The Morgan fingerprint density at radius 1 is 1.56 bits per heavy atom. The molecule has 1 aliphatic rings. The summed E-state index contributed by atoms with van der Waals surface area (Å²) in [5.74, 6) is -1.25. The molecule has 0 aliphatic carbocycles. The standard InChI is InChI=1S/C11H12FN3O3/c12-8-2-1-3-9(11(8)15(17)18)14-6-7(5-13)4-10(14)16/h1-3,7H,4-6,13H2. The highest BCUT2D eigenvalue weighted by molar-refractivity contribution is 5.97. The van der Waals surface area contributed by atoms with Crippen LogP contribution in [0.5, 0.6) is 0 Å². The molecule has 1 unspecified atom stereocenters. The second-order valence-corrected chi connectivity index (χ2v) is 4.17. The molecular weight excluding hydrogens is 241 g/mol. The summed E-state index contributed by atoms with van der Waals surface area (Å²) in [5, 5.41) is 10.9. The van der Waals surface area contributed by atoms with Gasteiger partial charge in [0.15, 0.2) is 0 Å². The molecule has 0 saturated carbocycles. The molecule has 2 rings (SSSR count). The highest BCUT2D eigenvalue weighted by Crippen LogP contribution is 2.34. The largest absolute Gasteiger partial charge is 0.330 e. The predicted molar refractivity (Wildman–Crippen MR) is 62.6 cm³/mol. The zero-order valence-electron chi connectivity index (χ0n) is 9.51. The molecule has 1 amide bonds. The maximum Gasteiger partial charge on any atom is 0.328 e. The van der Waals surface area contributed by atoms with Crippen molar-refractivity contribution in [1.29, 1.82) is 0 Å². The lowest BCUT2D eigenvalue weighted by atomic mass is 10.1. The fraction of sp³-hybridized carbons (Fsp3) is 0.364. The van der Waals surface area contributed by atoms with E-state index in [2.05, 4.69) is 0 Å².